The van der Waals surface area contributed by atoms with Gasteiger partial charge in [0.1, 0.15) is 16.2 Å². The van der Waals surface area contributed by atoms with Crippen molar-refractivity contribution < 1.29 is 0 Å². The van der Waals surface area contributed by atoms with Crippen LogP contribution in [-0.4, -0.2) is 41.5 Å². The van der Waals surface area contributed by atoms with Gasteiger partial charge in [-0.25, -0.2) is 9.97 Å². The molecule has 0 spiro atoms. The van der Waals surface area contributed by atoms with E-state index in [-0.39, 0.29) is 0 Å². The van der Waals surface area contributed by atoms with E-state index in [9.17, 15) is 0 Å². The number of hydrogen-bond acceptors (Lipinski definition) is 4. The molecule has 1 aromatic heterocycles. The van der Waals surface area contributed by atoms with Crippen LogP contribution in [0.5, 0.6) is 0 Å². The van der Waals surface area contributed by atoms with Crippen molar-refractivity contribution in [2.75, 3.05) is 26.0 Å². The molecule has 1 heterocycles. The van der Waals surface area contributed by atoms with Crippen LogP contribution in [0.25, 0.3) is 0 Å². The highest BCUT2D eigenvalue weighted by molar-refractivity contribution is 9.10. The molecule has 0 amide bonds. The van der Waals surface area contributed by atoms with Crippen LogP contribution in [0.1, 0.15) is 38.4 Å². The second-order valence-corrected chi connectivity index (χ2v) is 6.78. The molecule has 0 aliphatic heterocycles. The van der Waals surface area contributed by atoms with E-state index in [4.69, 9.17) is 0 Å². The van der Waals surface area contributed by atoms with Crippen LogP contribution in [0.15, 0.2) is 10.7 Å². The van der Waals surface area contributed by atoms with Gasteiger partial charge < -0.3 is 10.2 Å². The van der Waals surface area contributed by atoms with Crippen molar-refractivity contribution in [2.24, 2.45) is 5.92 Å². The summed E-state index contributed by atoms with van der Waals surface area (Å²) in [5, 5.41) is 3.55. The average Bonchev–Trinajstić information content (AvgIpc) is 3.10. The van der Waals surface area contributed by atoms with E-state index in [1.807, 2.05) is 6.07 Å². The quantitative estimate of drug-likeness (QED) is 0.815. The summed E-state index contributed by atoms with van der Waals surface area (Å²) < 4.78 is 0.874. The number of halogens is 1. The summed E-state index contributed by atoms with van der Waals surface area (Å²) in [5.74, 6) is 3.04. The van der Waals surface area contributed by atoms with E-state index in [0.717, 1.165) is 22.8 Å². The third kappa shape index (κ3) is 4.42. The molecule has 1 aliphatic rings. The molecule has 5 heteroatoms. The van der Waals surface area contributed by atoms with Gasteiger partial charge in [-0.15, -0.1) is 0 Å². The maximum atomic E-state index is 4.65. The van der Waals surface area contributed by atoms with Crippen LogP contribution in [0.2, 0.25) is 0 Å². The zero-order valence-corrected chi connectivity index (χ0v) is 13.7. The zero-order chi connectivity index (χ0) is 14.0. The Bertz CT molecular complexity index is 429. The number of nitrogens with one attached hydrogen (secondary N) is 1. The molecular formula is C14H23BrN4. The van der Waals surface area contributed by atoms with Gasteiger partial charge in [-0.05, 0) is 48.8 Å². The van der Waals surface area contributed by atoms with Gasteiger partial charge in [-0.3, -0.25) is 0 Å². The summed E-state index contributed by atoms with van der Waals surface area (Å²) in [7, 11) is 4.20. The van der Waals surface area contributed by atoms with Crippen LogP contribution < -0.4 is 5.32 Å². The maximum absolute atomic E-state index is 4.65. The fourth-order valence-electron chi connectivity index (χ4n) is 2.04. The second kappa shape index (κ2) is 6.18. The lowest BCUT2D eigenvalue weighted by atomic mass is 10.0. The Morgan fingerprint density at radius 1 is 1.37 bits per heavy atom. The number of hydrogen-bond donors (Lipinski definition) is 1. The van der Waals surface area contributed by atoms with Gasteiger partial charge in [0, 0.05) is 24.6 Å². The van der Waals surface area contributed by atoms with E-state index in [2.05, 4.69) is 64.1 Å². The Balaban J connectivity index is 2.11. The molecule has 1 N–H and O–H groups in total. The van der Waals surface area contributed by atoms with Crippen molar-refractivity contribution in [1.82, 2.24) is 14.9 Å². The first-order valence-corrected chi connectivity index (χ1v) is 7.70. The highest BCUT2D eigenvalue weighted by Gasteiger charge is 2.27. The highest BCUT2D eigenvalue weighted by atomic mass is 79.9. The Morgan fingerprint density at radius 2 is 2.05 bits per heavy atom. The minimum atomic E-state index is 0.392. The van der Waals surface area contributed by atoms with Gasteiger partial charge in [0.15, 0.2) is 0 Å². The molecule has 0 bridgehead atoms. The Labute approximate surface area is 124 Å². The highest BCUT2D eigenvalue weighted by Crippen LogP contribution is 2.38. The summed E-state index contributed by atoms with van der Waals surface area (Å²) in [6.07, 6.45) is 2.45. The number of nitrogens with zero attached hydrogens (tertiary/aromatic N) is 3. The molecule has 0 aromatic carbocycles. The third-order valence-corrected chi connectivity index (χ3v) is 3.76. The summed E-state index contributed by atoms with van der Waals surface area (Å²) in [5.41, 5.74) is 0. The standard InChI is InChI=1S/C14H23BrN4/c1-9(2)11(8-19(3)4)16-13-7-12(15)17-14(18-13)10-5-6-10/h7,9-11H,5-6,8H2,1-4H3,(H,16,17,18). The van der Waals surface area contributed by atoms with Crippen molar-refractivity contribution in [3.63, 3.8) is 0 Å². The molecule has 1 aromatic rings. The molecular weight excluding hydrogens is 304 g/mol. The maximum Gasteiger partial charge on any atom is 0.135 e. The van der Waals surface area contributed by atoms with Crippen LogP contribution in [0, 0.1) is 5.92 Å². The van der Waals surface area contributed by atoms with Crippen LogP contribution in [-0.2, 0) is 0 Å². The van der Waals surface area contributed by atoms with Crippen LogP contribution in [0.4, 0.5) is 5.82 Å². The predicted octanol–water partition coefficient (Wildman–Crippen LogP) is 3.11. The minimum Gasteiger partial charge on any atom is -0.366 e. The average molecular weight is 327 g/mol. The van der Waals surface area contributed by atoms with Crippen LogP contribution >= 0.6 is 15.9 Å². The SMILES string of the molecule is CC(C)C(CN(C)C)Nc1cc(Br)nc(C2CC2)n1. The Morgan fingerprint density at radius 3 is 2.58 bits per heavy atom. The molecule has 1 saturated carbocycles. The Hall–Kier alpha value is -0.680. The molecule has 0 saturated heterocycles. The largest absolute Gasteiger partial charge is 0.366 e. The van der Waals surface area contributed by atoms with Crippen molar-refractivity contribution in [3.8, 4) is 0 Å². The van der Waals surface area contributed by atoms with Crippen molar-refractivity contribution in [2.45, 2.75) is 38.6 Å². The van der Waals surface area contributed by atoms with E-state index in [0.29, 0.717) is 17.9 Å². The first-order chi connectivity index (χ1) is 8.95. The summed E-state index contributed by atoms with van der Waals surface area (Å²) in [4.78, 5) is 11.3. The molecule has 2 rings (SSSR count). The first kappa shape index (κ1) is 14.7. The van der Waals surface area contributed by atoms with Crippen molar-refractivity contribution >= 4 is 21.7 Å². The molecule has 1 atom stereocenters. The minimum absolute atomic E-state index is 0.392. The fourth-order valence-corrected chi connectivity index (χ4v) is 2.44. The smallest absolute Gasteiger partial charge is 0.135 e. The molecule has 106 valence electrons. The van der Waals surface area contributed by atoms with Gasteiger partial charge in [0.05, 0.1) is 0 Å². The van der Waals surface area contributed by atoms with Crippen molar-refractivity contribution in [1.29, 1.82) is 0 Å². The predicted molar refractivity (Wildman–Crippen MR) is 82.5 cm³/mol. The fraction of sp³-hybridized carbons (Fsp3) is 0.714. The van der Waals surface area contributed by atoms with E-state index >= 15 is 0 Å². The summed E-state index contributed by atoms with van der Waals surface area (Å²) in [6, 6.07) is 2.36. The zero-order valence-electron chi connectivity index (χ0n) is 12.2. The topological polar surface area (TPSA) is 41.0 Å². The lowest BCUT2D eigenvalue weighted by molar-refractivity contribution is 0.344. The van der Waals surface area contributed by atoms with E-state index in [1.54, 1.807) is 0 Å². The van der Waals surface area contributed by atoms with Crippen molar-refractivity contribution in [3.05, 3.63) is 16.5 Å². The Kier molecular flexibility index (Phi) is 4.79. The normalized spacial score (nSPS) is 17.0. The second-order valence-electron chi connectivity index (χ2n) is 5.97. The number of likely N-dealkylation sites (N-methyl/N-ethyl adjacent to an activating group) is 1. The molecule has 1 fully saturated rings. The van der Waals surface area contributed by atoms with Gasteiger partial charge in [0.2, 0.25) is 0 Å². The van der Waals surface area contributed by atoms with Crippen LogP contribution in [0.3, 0.4) is 0 Å². The van der Waals surface area contributed by atoms with Gasteiger partial charge in [-0.2, -0.15) is 0 Å². The number of anilines is 1. The number of rotatable bonds is 6. The van der Waals surface area contributed by atoms with Gasteiger partial charge in [-0.1, -0.05) is 13.8 Å². The first-order valence-electron chi connectivity index (χ1n) is 6.91. The van der Waals surface area contributed by atoms with E-state index < -0.39 is 0 Å². The van der Waals surface area contributed by atoms with E-state index in [1.165, 1.54) is 12.8 Å². The number of aromatic nitrogens is 2. The third-order valence-electron chi connectivity index (χ3n) is 3.35. The summed E-state index contributed by atoms with van der Waals surface area (Å²) in [6.45, 7) is 5.47. The molecule has 19 heavy (non-hydrogen) atoms. The summed E-state index contributed by atoms with van der Waals surface area (Å²) >= 11 is 3.49. The lowest BCUT2D eigenvalue weighted by Crippen LogP contribution is -2.36. The monoisotopic (exact) mass is 326 g/mol. The molecule has 0 radical (unpaired) electrons. The molecule has 1 unspecified atom stereocenters. The molecule has 1 aliphatic carbocycles. The lowest BCUT2D eigenvalue weighted by Gasteiger charge is -2.26. The van der Waals surface area contributed by atoms with Gasteiger partial charge >= 0.3 is 0 Å². The van der Waals surface area contributed by atoms with Gasteiger partial charge in [0.25, 0.3) is 0 Å². The molecule has 4 nitrogen and oxygen atoms in total.